The van der Waals surface area contributed by atoms with Crippen LogP contribution in [0.4, 0.5) is 0 Å². The number of hydrogen-bond acceptors (Lipinski definition) is 10. The second kappa shape index (κ2) is 66.1. The maximum Gasteiger partial charge on any atom is 0.306 e. The minimum Gasteiger partial charge on any atom is -0.454 e. The number of unbranched alkanes of at least 4 members (excludes halogenated alkanes) is 31. The highest BCUT2D eigenvalue weighted by Gasteiger charge is 2.47. The molecule has 0 aromatic carbocycles. The first-order chi connectivity index (χ1) is 44.7. The maximum atomic E-state index is 13.5. The van der Waals surface area contributed by atoms with Gasteiger partial charge in [0, 0.05) is 6.42 Å². The molecule has 0 saturated carbocycles. The van der Waals surface area contributed by atoms with Crippen molar-refractivity contribution >= 4 is 11.9 Å². The highest BCUT2D eigenvalue weighted by molar-refractivity contribution is 5.80. The normalized spacial score (nSPS) is 18.7. The second-order valence-electron chi connectivity index (χ2n) is 25.3. The average Bonchev–Trinajstić information content (AvgIpc) is 1.05. The Morgan fingerprint density at radius 2 is 0.791 bits per heavy atom. The third-order valence-corrected chi connectivity index (χ3v) is 16.8. The van der Waals surface area contributed by atoms with E-state index < -0.39 is 67.4 Å². The monoisotopic (exact) mass is 1270 g/mol. The summed E-state index contributed by atoms with van der Waals surface area (Å²) < 4.78 is 17.7. The van der Waals surface area contributed by atoms with Gasteiger partial charge in [-0.05, 0) is 116 Å². The summed E-state index contributed by atoms with van der Waals surface area (Å²) in [6, 6.07) is -1.04. The number of aliphatic hydroxyl groups is 5. The van der Waals surface area contributed by atoms with Crippen LogP contribution in [-0.2, 0) is 23.8 Å². The van der Waals surface area contributed by atoms with E-state index in [0.717, 1.165) is 135 Å². The van der Waals surface area contributed by atoms with Crippen molar-refractivity contribution in [2.75, 3.05) is 13.2 Å². The van der Waals surface area contributed by atoms with Crippen LogP contribution in [0.15, 0.2) is 122 Å². The molecule has 11 nitrogen and oxygen atoms in total. The molecule has 1 amide bonds. The van der Waals surface area contributed by atoms with Crippen molar-refractivity contribution in [2.24, 2.45) is 0 Å². The first-order valence-corrected chi connectivity index (χ1v) is 37.3. The van der Waals surface area contributed by atoms with Gasteiger partial charge in [-0.25, -0.2) is 0 Å². The molecule has 8 atom stereocenters. The van der Waals surface area contributed by atoms with Crippen LogP contribution in [-0.4, -0.2) is 99.6 Å². The smallest absolute Gasteiger partial charge is 0.306 e. The molecule has 1 aliphatic rings. The van der Waals surface area contributed by atoms with E-state index in [1.165, 1.54) is 128 Å². The number of carbonyl (C=O) groups is 2. The third-order valence-electron chi connectivity index (χ3n) is 16.8. The number of allylic oxidation sites excluding steroid dienone is 19. The Kier molecular flexibility index (Phi) is 61.8. The summed E-state index contributed by atoms with van der Waals surface area (Å²) in [5.74, 6) is -1.21. The molecule has 1 aliphatic heterocycles. The summed E-state index contributed by atoms with van der Waals surface area (Å²) in [7, 11) is 0. The lowest BCUT2D eigenvalue weighted by molar-refractivity contribution is -0.305. The minimum atomic E-state index is -1.63. The fourth-order valence-corrected chi connectivity index (χ4v) is 11.0. The first-order valence-electron chi connectivity index (χ1n) is 37.3. The standard InChI is InChI=1S/C80H137NO10/c1-4-7-10-13-16-19-22-25-27-29-31-33-35-36-37-38-39-41-43-45-47-50-53-56-59-62-65-68-75(85)91-78-77(87)76(86)74(69-82)90-80(78)89-70-71(72(83)66-63-60-57-54-51-48-24-21-18-15-12-9-6-3)81-79(88)73(84)67-64-61-58-55-52-49-46-44-42-40-34-32-30-28-26-23-20-17-14-11-8-5-2/h8,11,16-17,19-20,25-28,31-34,36-37,42,44,63,66,71-74,76-78,80,82-84,86-87H,4-7,9-10,12-15,18,21-24,29-30,35,38-41,43,45-62,64-65,67-70H2,1-3H3,(H,81,88)/b11-8-,19-16-,20-17-,27-25-,28-26-,33-31-,34-32-,37-36-,44-42-,66-63+. The van der Waals surface area contributed by atoms with Gasteiger partial charge < -0.3 is 45.1 Å². The van der Waals surface area contributed by atoms with Crippen LogP contribution in [0.2, 0.25) is 0 Å². The van der Waals surface area contributed by atoms with E-state index in [1.54, 1.807) is 6.08 Å². The van der Waals surface area contributed by atoms with Crippen LogP contribution in [0, 0.1) is 0 Å². The van der Waals surface area contributed by atoms with E-state index in [1.807, 2.05) is 6.08 Å². The zero-order chi connectivity index (χ0) is 66.0. The van der Waals surface area contributed by atoms with Crippen LogP contribution >= 0.6 is 0 Å². The van der Waals surface area contributed by atoms with Crippen molar-refractivity contribution in [1.82, 2.24) is 5.32 Å². The highest BCUT2D eigenvalue weighted by atomic mass is 16.7. The van der Waals surface area contributed by atoms with Gasteiger partial charge >= 0.3 is 5.97 Å². The van der Waals surface area contributed by atoms with Gasteiger partial charge in [-0.1, -0.05) is 309 Å². The second-order valence-corrected chi connectivity index (χ2v) is 25.3. The maximum absolute atomic E-state index is 13.5. The Bertz CT molecular complexity index is 1950. The van der Waals surface area contributed by atoms with Gasteiger partial charge in [0.2, 0.25) is 5.91 Å². The lowest BCUT2D eigenvalue weighted by Crippen LogP contribution is -2.61. The fraction of sp³-hybridized carbons (Fsp3) is 0.725. The van der Waals surface area contributed by atoms with Crippen LogP contribution in [0.5, 0.6) is 0 Å². The Morgan fingerprint density at radius 3 is 1.21 bits per heavy atom. The molecule has 1 fully saturated rings. The Labute approximate surface area is 557 Å². The summed E-state index contributed by atoms with van der Waals surface area (Å²) >= 11 is 0. The lowest BCUT2D eigenvalue weighted by Gasteiger charge is -2.41. The molecule has 0 radical (unpaired) electrons. The predicted molar refractivity (Wildman–Crippen MR) is 384 cm³/mol. The van der Waals surface area contributed by atoms with Crippen molar-refractivity contribution < 1.29 is 49.3 Å². The van der Waals surface area contributed by atoms with Gasteiger partial charge in [0.1, 0.15) is 24.4 Å². The number of ether oxygens (including phenoxy) is 3. The Balaban J connectivity index is 2.57. The third kappa shape index (κ3) is 53.1. The van der Waals surface area contributed by atoms with Crippen LogP contribution in [0.1, 0.15) is 310 Å². The topological polar surface area (TPSA) is 175 Å². The van der Waals surface area contributed by atoms with Gasteiger partial charge in [0.05, 0.1) is 25.4 Å². The van der Waals surface area contributed by atoms with Crippen molar-refractivity contribution in [3.63, 3.8) is 0 Å². The van der Waals surface area contributed by atoms with Crippen molar-refractivity contribution in [3.8, 4) is 0 Å². The Morgan fingerprint density at radius 1 is 0.440 bits per heavy atom. The molecule has 0 bridgehead atoms. The summed E-state index contributed by atoms with van der Waals surface area (Å²) in [6.45, 7) is 5.67. The van der Waals surface area contributed by atoms with E-state index in [2.05, 4.69) is 135 Å². The summed E-state index contributed by atoms with van der Waals surface area (Å²) in [5.41, 5.74) is 0. The molecule has 1 heterocycles. The molecule has 1 saturated heterocycles. The molecular formula is C80H137NO10. The molecule has 0 aliphatic carbocycles. The van der Waals surface area contributed by atoms with Gasteiger partial charge in [0.25, 0.3) is 0 Å². The van der Waals surface area contributed by atoms with Crippen LogP contribution in [0.25, 0.3) is 0 Å². The molecule has 8 unspecified atom stereocenters. The van der Waals surface area contributed by atoms with E-state index in [4.69, 9.17) is 14.2 Å². The number of aliphatic hydroxyl groups excluding tert-OH is 5. The van der Waals surface area contributed by atoms with Crippen molar-refractivity contribution in [1.29, 1.82) is 0 Å². The number of esters is 1. The number of nitrogens with one attached hydrogen (secondary N) is 1. The minimum absolute atomic E-state index is 0.113. The Hall–Kier alpha value is -3.94. The molecule has 0 spiro atoms. The van der Waals surface area contributed by atoms with Gasteiger partial charge in [-0.15, -0.1) is 0 Å². The zero-order valence-corrected chi connectivity index (χ0v) is 58.2. The van der Waals surface area contributed by atoms with Crippen LogP contribution in [0.3, 0.4) is 0 Å². The van der Waals surface area contributed by atoms with Gasteiger partial charge in [-0.3, -0.25) is 9.59 Å². The van der Waals surface area contributed by atoms with E-state index in [9.17, 15) is 35.1 Å². The molecule has 11 heteroatoms. The largest absolute Gasteiger partial charge is 0.454 e. The van der Waals surface area contributed by atoms with Gasteiger partial charge in [-0.2, -0.15) is 0 Å². The highest BCUT2D eigenvalue weighted by Crippen LogP contribution is 2.26. The summed E-state index contributed by atoms with van der Waals surface area (Å²) in [6.07, 6.45) is 82.3. The molecule has 6 N–H and O–H groups in total. The first kappa shape index (κ1) is 85.1. The van der Waals surface area contributed by atoms with Crippen molar-refractivity contribution in [2.45, 2.75) is 359 Å². The molecular weight excluding hydrogens is 1130 g/mol. The number of hydrogen-bond donors (Lipinski definition) is 6. The van der Waals surface area contributed by atoms with Gasteiger partial charge in [0.15, 0.2) is 12.4 Å². The average molecular weight is 1270 g/mol. The lowest BCUT2D eigenvalue weighted by atomic mass is 9.99. The number of carbonyl (C=O) groups excluding carboxylic acids is 2. The quantitative estimate of drug-likeness (QED) is 0.0195. The number of amides is 1. The fourth-order valence-electron chi connectivity index (χ4n) is 11.0. The molecule has 1 rings (SSSR count). The molecule has 522 valence electrons. The molecule has 0 aromatic rings. The molecule has 91 heavy (non-hydrogen) atoms. The summed E-state index contributed by atoms with van der Waals surface area (Å²) in [4.78, 5) is 26.7. The zero-order valence-electron chi connectivity index (χ0n) is 58.2. The predicted octanol–water partition coefficient (Wildman–Crippen LogP) is 19.7. The van der Waals surface area contributed by atoms with Crippen LogP contribution < -0.4 is 5.32 Å². The molecule has 0 aromatic heterocycles. The van der Waals surface area contributed by atoms with E-state index in [-0.39, 0.29) is 19.4 Å². The van der Waals surface area contributed by atoms with E-state index in [0.29, 0.717) is 12.8 Å². The SMILES string of the molecule is CC/C=C\C/C=C\C/C=C\C/C=C\C/C=C\CCCCCCCCC(O)C(=O)NC(COC1OC(CO)C(O)C(O)C1OC(=O)CCCCCCCCCCCCC/C=C\C/C=C\C/C=C\C/C=C\CCCCC)C(O)/C=C/CCCCCCCCCCCCC. The number of rotatable bonds is 63. The van der Waals surface area contributed by atoms with Crippen molar-refractivity contribution in [3.05, 3.63) is 122 Å². The summed E-state index contributed by atoms with van der Waals surface area (Å²) in [5, 5.41) is 57.4. The van der Waals surface area contributed by atoms with E-state index >= 15 is 0 Å².